The van der Waals surface area contributed by atoms with E-state index < -0.39 is 12.2 Å². The smallest absolute Gasteiger partial charge is 0.120 e. The number of aliphatic hydroxyl groups is 2. The maximum atomic E-state index is 10.3. The van der Waals surface area contributed by atoms with Crippen LogP contribution in [-0.4, -0.2) is 71.8 Å². The highest BCUT2D eigenvalue weighted by Crippen LogP contribution is 2.33. The Balaban J connectivity index is 1.26. The lowest BCUT2D eigenvalue weighted by Crippen LogP contribution is -2.23. The summed E-state index contributed by atoms with van der Waals surface area (Å²) in [6.45, 7) is 8.45. The second-order valence-corrected chi connectivity index (χ2v) is 10.1. The lowest BCUT2D eigenvalue weighted by atomic mass is 9.78. The zero-order valence-electron chi connectivity index (χ0n) is 21.9. The Hall–Kier alpha value is -3.36. The van der Waals surface area contributed by atoms with Gasteiger partial charge < -0.3 is 19.7 Å². The van der Waals surface area contributed by atoms with Gasteiger partial charge in [0.05, 0.1) is 24.3 Å². The lowest BCUT2D eigenvalue weighted by molar-refractivity contribution is 0.0990. The van der Waals surface area contributed by atoms with E-state index in [1.54, 1.807) is 12.4 Å². The van der Waals surface area contributed by atoms with E-state index in [-0.39, 0.29) is 30.7 Å². The largest absolute Gasteiger partial charge is 0.491 e. The molecule has 0 saturated heterocycles. The summed E-state index contributed by atoms with van der Waals surface area (Å²) in [6, 6.07) is 15.8. The maximum absolute atomic E-state index is 10.3. The van der Waals surface area contributed by atoms with Gasteiger partial charge in [-0.25, -0.2) is 9.98 Å². The number of aliphatic hydroxyl groups excluding tert-OH is 2. The second kappa shape index (κ2) is 11.8. The second-order valence-electron chi connectivity index (χ2n) is 10.1. The van der Waals surface area contributed by atoms with Crippen molar-refractivity contribution in [1.29, 1.82) is 0 Å². The molecule has 0 aromatic heterocycles. The van der Waals surface area contributed by atoms with Crippen LogP contribution in [0.5, 0.6) is 11.5 Å². The molecule has 0 amide bonds. The Kier molecular flexibility index (Phi) is 8.51. The molecule has 0 fully saturated rings. The fourth-order valence-electron chi connectivity index (χ4n) is 4.41. The number of hydrogen-bond acceptors (Lipinski definition) is 8. The van der Waals surface area contributed by atoms with Crippen molar-refractivity contribution in [2.75, 3.05) is 13.2 Å². The van der Waals surface area contributed by atoms with Gasteiger partial charge in [0.15, 0.2) is 0 Å². The van der Waals surface area contributed by atoms with E-state index in [1.807, 2.05) is 38.1 Å². The van der Waals surface area contributed by atoms with Gasteiger partial charge in [0.2, 0.25) is 0 Å². The number of aliphatic imine (C=N–C) groups is 4. The molecule has 2 heterocycles. The first-order valence-corrected chi connectivity index (χ1v) is 12.7. The molecule has 2 aromatic rings. The van der Waals surface area contributed by atoms with Crippen LogP contribution in [0, 0.1) is 0 Å². The zero-order chi connectivity index (χ0) is 26.4. The SMILES string of the molecule is CC1=NC(CC(O)COc2ccc(C(C)(C)c3ccc(OCC(O)CC4C=NC(C)=N4)cc3)cc2)C=N1. The molecule has 2 aliphatic rings. The summed E-state index contributed by atoms with van der Waals surface area (Å²) in [7, 11) is 0. The van der Waals surface area contributed by atoms with E-state index in [4.69, 9.17) is 9.47 Å². The number of amidine groups is 2. The van der Waals surface area contributed by atoms with Gasteiger partial charge in [-0.3, -0.25) is 9.98 Å². The van der Waals surface area contributed by atoms with E-state index >= 15 is 0 Å². The van der Waals surface area contributed by atoms with Crippen LogP contribution in [0.15, 0.2) is 68.5 Å². The number of rotatable bonds is 12. The predicted molar refractivity (Wildman–Crippen MR) is 148 cm³/mol. The highest BCUT2D eigenvalue weighted by atomic mass is 16.5. The number of benzene rings is 2. The minimum absolute atomic E-state index is 0.0745. The van der Waals surface area contributed by atoms with Crippen LogP contribution in [-0.2, 0) is 5.41 Å². The molecule has 2 aromatic carbocycles. The van der Waals surface area contributed by atoms with Crippen LogP contribution < -0.4 is 9.47 Å². The highest BCUT2D eigenvalue weighted by Gasteiger charge is 2.24. The average Bonchev–Trinajstić information content (AvgIpc) is 3.48. The molecule has 0 radical (unpaired) electrons. The fourth-order valence-corrected chi connectivity index (χ4v) is 4.41. The molecule has 196 valence electrons. The lowest BCUT2D eigenvalue weighted by Gasteiger charge is -2.26. The van der Waals surface area contributed by atoms with Crippen LogP contribution in [0.1, 0.15) is 51.7 Å². The van der Waals surface area contributed by atoms with Gasteiger partial charge in [-0.2, -0.15) is 0 Å². The quantitative estimate of drug-likeness (QED) is 0.455. The Morgan fingerprint density at radius 2 is 1.08 bits per heavy atom. The molecule has 8 heteroatoms. The van der Waals surface area contributed by atoms with Crippen LogP contribution >= 0.6 is 0 Å². The maximum Gasteiger partial charge on any atom is 0.120 e. The first-order chi connectivity index (χ1) is 17.7. The van der Waals surface area contributed by atoms with Crippen molar-refractivity contribution in [3.05, 3.63) is 59.7 Å². The third-order valence-corrected chi connectivity index (χ3v) is 6.64. The van der Waals surface area contributed by atoms with Gasteiger partial charge in [-0.1, -0.05) is 38.1 Å². The van der Waals surface area contributed by atoms with Crippen LogP contribution in [0.3, 0.4) is 0 Å². The van der Waals surface area contributed by atoms with Crippen molar-refractivity contribution in [2.24, 2.45) is 20.0 Å². The topological polar surface area (TPSA) is 108 Å². The molecule has 0 saturated carbocycles. The fraction of sp³-hybridized carbons (Fsp3) is 0.448. The Labute approximate surface area is 218 Å². The van der Waals surface area contributed by atoms with Crippen LogP contribution in [0.4, 0.5) is 0 Å². The van der Waals surface area contributed by atoms with Crippen molar-refractivity contribution in [1.82, 2.24) is 0 Å². The van der Waals surface area contributed by atoms with Crippen molar-refractivity contribution >= 4 is 24.1 Å². The molecular weight excluding hydrogens is 468 g/mol. The van der Waals surface area contributed by atoms with Crippen LogP contribution in [0.25, 0.3) is 0 Å². The van der Waals surface area contributed by atoms with E-state index in [2.05, 4.69) is 58.1 Å². The Bertz CT molecular complexity index is 1080. The van der Waals surface area contributed by atoms with Gasteiger partial charge in [0.25, 0.3) is 0 Å². The summed E-state index contributed by atoms with van der Waals surface area (Å²) >= 11 is 0. The third kappa shape index (κ3) is 7.33. The van der Waals surface area contributed by atoms with Crippen molar-refractivity contribution < 1.29 is 19.7 Å². The minimum Gasteiger partial charge on any atom is -0.491 e. The van der Waals surface area contributed by atoms with E-state index in [0.29, 0.717) is 24.3 Å². The monoisotopic (exact) mass is 504 g/mol. The molecular formula is C29H36N4O4. The minimum atomic E-state index is -0.613. The molecule has 2 N–H and O–H groups in total. The van der Waals surface area contributed by atoms with E-state index in [9.17, 15) is 10.2 Å². The molecule has 4 atom stereocenters. The molecule has 8 nitrogen and oxygen atoms in total. The highest BCUT2D eigenvalue weighted by molar-refractivity contribution is 5.94. The summed E-state index contributed by atoms with van der Waals surface area (Å²) in [4.78, 5) is 17.0. The Morgan fingerprint density at radius 1 is 0.703 bits per heavy atom. The number of ether oxygens (including phenoxy) is 2. The first-order valence-electron chi connectivity index (χ1n) is 12.7. The van der Waals surface area contributed by atoms with E-state index in [1.165, 1.54) is 0 Å². The number of hydrogen-bond donors (Lipinski definition) is 2. The molecule has 0 spiro atoms. The van der Waals surface area contributed by atoms with E-state index in [0.717, 1.165) is 22.8 Å². The summed E-state index contributed by atoms with van der Waals surface area (Å²) in [5.74, 6) is 2.91. The molecule has 37 heavy (non-hydrogen) atoms. The van der Waals surface area contributed by atoms with Crippen molar-refractivity contribution in [3.8, 4) is 11.5 Å². The summed E-state index contributed by atoms with van der Waals surface area (Å²) in [5.41, 5.74) is 2.06. The average molecular weight is 505 g/mol. The van der Waals surface area contributed by atoms with Gasteiger partial charge >= 0.3 is 0 Å². The summed E-state index contributed by atoms with van der Waals surface area (Å²) in [6.07, 6.45) is 3.29. The number of nitrogens with zero attached hydrogens (tertiary/aromatic N) is 4. The molecule has 0 aliphatic carbocycles. The van der Waals surface area contributed by atoms with Gasteiger partial charge in [-0.15, -0.1) is 0 Å². The molecule has 4 rings (SSSR count). The molecule has 4 unspecified atom stereocenters. The van der Waals surface area contributed by atoms with Gasteiger partial charge in [0, 0.05) is 30.7 Å². The third-order valence-electron chi connectivity index (χ3n) is 6.64. The molecule has 2 aliphatic heterocycles. The standard InChI is InChI=1S/C29H36N4O4/c1-19-30-15-23(32-19)13-25(34)17-36-27-9-5-21(6-10-27)29(3,4)22-7-11-28(12-8-22)37-18-26(35)14-24-16-31-20(2)33-24/h5-12,15-16,23-26,34-35H,13-14,17-18H2,1-4H3. The summed E-state index contributed by atoms with van der Waals surface area (Å²) in [5, 5.41) is 20.5. The van der Waals surface area contributed by atoms with Crippen molar-refractivity contribution in [2.45, 2.75) is 70.2 Å². The summed E-state index contributed by atoms with van der Waals surface area (Å²) < 4.78 is 11.6. The van der Waals surface area contributed by atoms with Crippen molar-refractivity contribution in [3.63, 3.8) is 0 Å². The normalized spacial score (nSPS) is 20.5. The van der Waals surface area contributed by atoms with Crippen LogP contribution in [0.2, 0.25) is 0 Å². The Morgan fingerprint density at radius 3 is 1.41 bits per heavy atom. The van der Waals surface area contributed by atoms with Gasteiger partial charge in [-0.05, 0) is 49.2 Å². The molecule has 0 bridgehead atoms. The van der Waals surface area contributed by atoms with Gasteiger partial charge in [0.1, 0.15) is 36.4 Å². The zero-order valence-corrected chi connectivity index (χ0v) is 21.9. The predicted octanol–water partition coefficient (Wildman–Crippen LogP) is 4.01. The first kappa shape index (κ1) is 26.7.